The lowest BCUT2D eigenvalue weighted by atomic mass is 10.1. The van der Waals surface area contributed by atoms with Crippen LogP contribution in [0.3, 0.4) is 0 Å². The van der Waals surface area contributed by atoms with Gasteiger partial charge in [0.05, 0.1) is 6.26 Å². The maximum absolute atomic E-state index is 13.0. The van der Waals surface area contributed by atoms with Gasteiger partial charge in [0, 0.05) is 12.6 Å². The van der Waals surface area contributed by atoms with E-state index in [0.717, 1.165) is 23.8 Å². The molecule has 0 saturated carbocycles. The number of halogens is 1. The van der Waals surface area contributed by atoms with Crippen LogP contribution in [0.15, 0.2) is 54.6 Å². The van der Waals surface area contributed by atoms with Gasteiger partial charge in [-0.1, -0.05) is 49.4 Å². The van der Waals surface area contributed by atoms with Crippen LogP contribution in [0, 0.1) is 0 Å². The van der Waals surface area contributed by atoms with Gasteiger partial charge in [-0.25, -0.2) is 0 Å². The van der Waals surface area contributed by atoms with E-state index in [1.807, 2.05) is 50.2 Å². The lowest BCUT2D eigenvalue weighted by Gasteiger charge is -2.30. The molecule has 2 aromatic rings. The normalized spacial score (nSPS) is 13.6. The fraction of sp³-hybridized carbons (Fsp3) is 0.350. The molecule has 0 spiro atoms. The molecule has 0 bridgehead atoms. The number of carbonyl (C=O) groups excluding carboxylic acids is 1. The molecule has 0 aliphatic carbocycles. The molecule has 0 aliphatic heterocycles. The van der Waals surface area contributed by atoms with E-state index in [9.17, 15) is 13.2 Å². The van der Waals surface area contributed by atoms with Crippen LogP contribution < -0.4 is 4.18 Å². The molecule has 146 valence electrons. The van der Waals surface area contributed by atoms with Gasteiger partial charge < -0.3 is 9.08 Å². The minimum atomic E-state index is -3.61. The molecule has 2 rings (SSSR count). The maximum atomic E-state index is 13.0. The SMILES string of the molecule is CCC(C)N(Cc1cccc(OS(C)(=O)=O)c1)C(=O)C(Cl)c1ccccc1. The Morgan fingerprint density at radius 3 is 2.41 bits per heavy atom. The standard InChI is InChI=1S/C20H24ClNO4S/c1-4-15(2)22(20(23)19(21)17-10-6-5-7-11-17)14-16-9-8-12-18(13-16)26-27(3,24)25/h5-13,15,19H,4,14H2,1-3H3. The van der Waals surface area contributed by atoms with Crippen molar-refractivity contribution in [3.8, 4) is 5.75 Å². The molecule has 0 aliphatic rings. The van der Waals surface area contributed by atoms with Crippen LogP contribution >= 0.6 is 11.6 Å². The molecule has 0 N–H and O–H groups in total. The Balaban J connectivity index is 2.24. The predicted octanol–water partition coefficient (Wildman–Crippen LogP) is 4.13. The quantitative estimate of drug-likeness (QED) is 0.485. The fourth-order valence-electron chi connectivity index (χ4n) is 2.65. The van der Waals surface area contributed by atoms with Crippen molar-refractivity contribution < 1.29 is 17.4 Å². The zero-order valence-electron chi connectivity index (χ0n) is 15.6. The predicted molar refractivity (Wildman–Crippen MR) is 107 cm³/mol. The van der Waals surface area contributed by atoms with Crippen molar-refractivity contribution >= 4 is 27.6 Å². The van der Waals surface area contributed by atoms with Gasteiger partial charge in [0.15, 0.2) is 0 Å². The molecule has 2 aromatic carbocycles. The summed E-state index contributed by atoms with van der Waals surface area (Å²) in [4.78, 5) is 14.7. The summed E-state index contributed by atoms with van der Waals surface area (Å²) in [5.41, 5.74) is 1.51. The van der Waals surface area contributed by atoms with Gasteiger partial charge in [0.2, 0.25) is 5.91 Å². The Bertz CT molecular complexity index is 871. The number of hydrogen-bond acceptors (Lipinski definition) is 4. The zero-order valence-corrected chi connectivity index (χ0v) is 17.2. The van der Waals surface area contributed by atoms with Gasteiger partial charge >= 0.3 is 10.1 Å². The molecule has 27 heavy (non-hydrogen) atoms. The van der Waals surface area contributed by atoms with Crippen LogP contribution in [0.1, 0.15) is 36.8 Å². The molecule has 0 saturated heterocycles. The van der Waals surface area contributed by atoms with Gasteiger partial charge in [-0.15, -0.1) is 11.6 Å². The molecule has 2 atom stereocenters. The highest BCUT2D eigenvalue weighted by atomic mass is 35.5. The van der Waals surface area contributed by atoms with E-state index in [-0.39, 0.29) is 17.7 Å². The second-order valence-corrected chi connectivity index (χ2v) is 8.44. The van der Waals surface area contributed by atoms with Gasteiger partial charge in [-0.05, 0) is 36.6 Å². The molecule has 0 fully saturated rings. The second kappa shape index (κ2) is 9.24. The molecule has 0 heterocycles. The van der Waals surface area contributed by atoms with Crippen LogP contribution in [0.25, 0.3) is 0 Å². The summed E-state index contributed by atoms with van der Waals surface area (Å²) in [6.07, 6.45) is 1.76. The van der Waals surface area contributed by atoms with Crippen molar-refractivity contribution in [1.29, 1.82) is 0 Å². The summed E-state index contributed by atoms with van der Waals surface area (Å²) >= 11 is 6.44. The molecule has 5 nitrogen and oxygen atoms in total. The van der Waals surface area contributed by atoms with Gasteiger partial charge in [0.1, 0.15) is 11.1 Å². The minimum Gasteiger partial charge on any atom is -0.383 e. The van der Waals surface area contributed by atoms with Crippen molar-refractivity contribution in [3.63, 3.8) is 0 Å². The summed E-state index contributed by atoms with van der Waals surface area (Å²) in [6, 6.07) is 15.9. The first-order chi connectivity index (χ1) is 12.7. The molecule has 7 heteroatoms. The van der Waals surface area contributed by atoms with Gasteiger partial charge in [-0.3, -0.25) is 4.79 Å². The summed E-state index contributed by atoms with van der Waals surface area (Å²) in [5, 5.41) is -0.782. The number of carbonyl (C=O) groups is 1. The number of benzene rings is 2. The summed E-state index contributed by atoms with van der Waals surface area (Å²) in [5.74, 6) is 0.0312. The maximum Gasteiger partial charge on any atom is 0.306 e. The van der Waals surface area contributed by atoms with E-state index in [2.05, 4.69) is 0 Å². The zero-order chi connectivity index (χ0) is 20.0. The van der Waals surface area contributed by atoms with Crippen molar-refractivity contribution in [2.24, 2.45) is 0 Å². The monoisotopic (exact) mass is 409 g/mol. The summed E-state index contributed by atoms with van der Waals surface area (Å²) in [7, 11) is -3.61. The average molecular weight is 410 g/mol. The number of hydrogen-bond donors (Lipinski definition) is 0. The van der Waals surface area contributed by atoms with Crippen LogP contribution in [0.5, 0.6) is 5.75 Å². The molecular formula is C20H24ClNO4S. The van der Waals surface area contributed by atoms with Gasteiger partial charge in [-0.2, -0.15) is 8.42 Å². The van der Waals surface area contributed by atoms with Crippen molar-refractivity contribution in [2.45, 2.75) is 38.2 Å². The first-order valence-corrected chi connectivity index (χ1v) is 10.9. The first kappa shape index (κ1) is 21.3. The van der Waals surface area contributed by atoms with E-state index in [0.29, 0.717) is 6.54 Å². The van der Waals surface area contributed by atoms with Crippen LogP contribution in [-0.4, -0.2) is 31.5 Å². The Kier molecular flexibility index (Phi) is 7.27. The van der Waals surface area contributed by atoms with Crippen LogP contribution in [0.4, 0.5) is 0 Å². The largest absolute Gasteiger partial charge is 0.383 e. The van der Waals surface area contributed by atoms with Gasteiger partial charge in [0.25, 0.3) is 0 Å². The number of nitrogens with zero attached hydrogens (tertiary/aromatic N) is 1. The topological polar surface area (TPSA) is 63.7 Å². The Morgan fingerprint density at radius 1 is 1.15 bits per heavy atom. The van der Waals surface area contributed by atoms with E-state index in [1.54, 1.807) is 23.1 Å². The molecule has 0 radical (unpaired) electrons. The lowest BCUT2D eigenvalue weighted by molar-refractivity contribution is -0.133. The smallest absolute Gasteiger partial charge is 0.306 e. The van der Waals surface area contributed by atoms with Crippen LogP contribution in [0.2, 0.25) is 0 Å². The third-order valence-corrected chi connectivity index (χ3v) is 5.15. The van der Waals surface area contributed by atoms with Crippen molar-refractivity contribution in [2.75, 3.05) is 6.26 Å². The number of amides is 1. The Hall–Kier alpha value is -2.05. The fourth-order valence-corrected chi connectivity index (χ4v) is 3.37. The summed E-state index contributed by atoms with van der Waals surface area (Å²) in [6.45, 7) is 4.27. The highest BCUT2D eigenvalue weighted by Crippen LogP contribution is 2.26. The summed E-state index contributed by atoms with van der Waals surface area (Å²) < 4.78 is 27.6. The molecular weight excluding hydrogens is 386 g/mol. The van der Waals surface area contributed by atoms with E-state index in [1.165, 1.54) is 0 Å². The lowest BCUT2D eigenvalue weighted by Crippen LogP contribution is -2.39. The third kappa shape index (κ3) is 6.26. The van der Waals surface area contributed by atoms with Crippen molar-refractivity contribution in [1.82, 2.24) is 4.90 Å². The molecule has 2 unspecified atom stereocenters. The average Bonchev–Trinajstić information content (AvgIpc) is 2.64. The molecule has 0 aromatic heterocycles. The van der Waals surface area contributed by atoms with E-state index in [4.69, 9.17) is 15.8 Å². The van der Waals surface area contributed by atoms with Crippen molar-refractivity contribution in [3.05, 3.63) is 65.7 Å². The first-order valence-electron chi connectivity index (χ1n) is 8.69. The molecule has 1 amide bonds. The number of rotatable bonds is 8. The highest BCUT2D eigenvalue weighted by molar-refractivity contribution is 7.86. The highest BCUT2D eigenvalue weighted by Gasteiger charge is 2.27. The Labute approximate surface area is 166 Å². The van der Waals surface area contributed by atoms with Crippen LogP contribution in [-0.2, 0) is 21.5 Å². The Morgan fingerprint density at radius 2 is 1.81 bits per heavy atom. The minimum absolute atomic E-state index is 0.0260. The second-order valence-electron chi connectivity index (χ2n) is 6.43. The third-order valence-electron chi connectivity index (χ3n) is 4.21. The number of alkyl halides is 1. The van der Waals surface area contributed by atoms with E-state index < -0.39 is 15.5 Å². The van der Waals surface area contributed by atoms with E-state index >= 15 is 0 Å².